The van der Waals surface area contributed by atoms with Gasteiger partial charge < -0.3 is 8.83 Å². The number of furan rings is 1. The van der Waals surface area contributed by atoms with Gasteiger partial charge in [-0.25, -0.2) is 4.98 Å². The Labute approximate surface area is 256 Å². The molecule has 0 saturated carbocycles. The van der Waals surface area contributed by atoms with Crippen molar-refractivity contribution in [3.8, 4) is 67.6 Å². The second-order valence-electron chi connectivity index (χ2n) is 10.8. The monoisotopic (exact) mass is 565 g/mol. The number of rotatable bonds is 6. The molecule has 0 amide bonds. The topological polar surface area (TPSA) is 39.2 Å². The first kappa shape index (κ1) is 25.8. The van der Waals surface area contributed by atoms with Crippen LogP contribution in [0, 0.1) is 12.1 Å². The molecular formula is C41H27NO2. The number of nitrogens with zero attached hydrogens (tertiary/aromatic N) is 1. The molecule has 1 aliphatic rings. The summed E-state index contributed by atoms with van der Waals surface area (Å²) in [5.74, 6) is 2.31. The minimum absolute atomic E-state index is 0.582. The Balaban J connectivity index is 1.38. The molecule has 0 spiro atoms. The standard InChI is InChI=1S/C41H27NO2/c1-4-15-28(16-5-1)31-21-10-11-22-33(31)39-34-23-12-13-24-35(34)40(44-39)38-32(29-17-6-2-7-18-29)25-14-26-36(38)37-27-43-41(42-37)30-19-8-3-9-20-30/h1-6,8-12,14-17,19-23,25-27H,13,24H2. The van der Waals surface area contributed by atoms with Gasteiger partial charge in [0.25, 0.3) is 0 Å². The molecule has 0 N–H and O–H groups in total. The zero-order valence-electron chi connectivity index (χ0n) is 24.0. The average molecular weight is 566 g/mol. The number of aromatic nitrogens is 1. The lowest BCUT2D eigenvalue weighted by Crippen LogP contribution is -1.96. The Morgan fingerprint density at radius 3 is 2.16 bits per heavy atom. The van der Waals surface area contributed by atoms with Crippen molar-refractivity contribution in [2.75, 3.05) is 0 Å². The van der Waals surface area contributed by atoms with Crippen LogP contribution in [0.4, 0.5) is 0 Å². The summed E-state index contributed by atoms with van der Waals surface area (Å²) >= 11 is 0. The van der Waals surface area contributed by atoms with Crippen molar-refractivity contribution in [2.45, 2.75) is 12.8 Å². The van der Waals surface area contributed by atoms with Crippen molar-refractivity contribution >= 4 is 6.08 Å². The second kappa shape index (κ2) is 11.1. The number of benzene rings is 4. The van der Waals surface area contributed by atoms with E-state index in [0.717, 1.165) is 80.1 Å². The highest BCUT2D eigenvalue weighted by molar-refractivity contribution is 5.96. The van der Waals surface area contributed by atoms with Crippen LogP contribution in [0.2, 0.25) is 0 Å². The van der Waals surface area contributed by atoms with E-state index < -0.39 is 0 Å². The van der Waals surface area contributed by atoms with Gasteiger partial charge in [-0.1, -0.05) is 121 Å². The van der Waals surface area contributed by atoms with Crippen molar-refractivity contribution in [3.05, 3.63) is 157 Å². The van der Waals surface area contributed by atoms with Gasteiger partial charge in [0.15, 0.2) is 0 Å². The Bertz CT molecular complexity index is 2100. The van der Waals surface area contributed by atoms with Gasteiger partial charge in [-0.2, -0.15) is 0 Å². The Morgan fingerprint density at radius 2 is 1.36 bits per heavy atom. The molecule has 0 fully saturated rings. The molecule has 3 heteroatoms. The van der Waals surface area contributed by atoms with E-state index in [4.69, 9.17) is 13.8 Å². The molecule has 7 aromatic rings. The van der Waals surface area contributed by atoms with Crippen LogP contribution in [0.3, 0.4) is 0 Å². The minimum Gasteiger partial charge on any atom is -0.455 e. The van der Waals surface area contributed by atoms with Crippen molar-refractivity contribution in [1.29, 1.82) is 0 Å². The van der Waals surface area contributed by atoms with Crippen LogP contribution in [-0.4, -0.2) is 4.98 Å². The largest absolute Gasteiger partial charge is 0.455 e. The van der Waals surface area contributed by atoms with Crippen LogP contribution < -0.4 is 0 Å². The molecule has 5 aromatic carbocycles. The summed E-state index contributed by atoms with van der Waals surface area (Å²) in [6.07, 6.45) is 8.03. The normalized spacial score (nSPS) is 12.1. The third-order valence-corrected chi connectivity index (χ3v) is 8.18. The minimum atomic E-state index is 0.582. The van der Waals surface area contributed by atoms with E-state index in [1.54, 1.807) is 6.26 Å². The average Bonchev–Trinajstić information content (AvgIpc) is 3.75. The maximum absolute atomic E-state index is 7.08. The van der Waals surface area contributed by atoms with Crippen molar-refractivity contribution in [3.63, 3.8) is 0 Å². The number of hydrogen-bond acceptors (Lipinski definition) is 3. The lowest BCUT2D eigenvalue weighted by Gasteiger charge is -2.14. The molecule has 8 rings (SSSR count). The van der Waals surface area contributed by atoms with Crippen molar-refractivity contribution in [2.24, 2.45) is 0 Å². The molecule has 0 unspecified atom stereocenters. The predicted octanol–water partition coefficient (Wildman–Crippen LogP) is 10.8. The highest BCUT2D eigenvalue weighted by Gasteiger charge is 2.28. The van der Waals surface area contributed by atoms with Crippen LogP contribution in [-0.2, 0) is 6.42 Å². The van der Waals surface area contributed by atoms with E-state index in [2.05, 4.69) is 97.1 Å². The third kappa shape index (κ3) is 4.54. The van der Waals surface area contributed by atoms with Crippen molar-refractivity contribution in [1.82, 2.24) is 4.98 Å². The van der Waals surface area contributed by atoms with Gasteiger partial charge in [0, 0.05) is 44.5 Å². The summed E-state index contributed by atoms with van der Waals surface area (Å²) < 4.78 is 13.1. The summed E-state index contributed by atoms with van der Waals surface area (Å²) in [6.45, 7) is 0. The molecule has 2 aromatic heterocycles. The zero-order chi connectivity index (χ0) is 29.3. The fourth-order valence-corrected chi connectivity index (χ4v) is 6.14. The fourth-order valence-electron chi connectivity index (χ4n) is 6.14. The SMILES string of the molecule is c1cccc(-c2cccc(-c3coc(-c4ccccc4)n3)c2-c2oc(-c3ccccc3-c3ccccc3)c3c2CCC=C3)c#1. The first-order valence-electron chi connectivity index (χ1n) is 14.9. The Kier molecular flexibility index (Phi) is 6.51. The smallest absolute Gasteiger partial charge is 0.226 e. The number of allylic oxidation sites excluding steroid dienone is 1. The summed E-state index contributed by atoms with van der Waals surface area (Å²) in [7, 11) is 0. The van der Waals surface area contributed by atoms with E-state index in [-0.39, 0.29) is 0 Å². The van der Waals surface area contributed by atoms with E-state index in [1.165, 1.54) is 5.56 Å². The first-order valence-corrected chi connectivity index (χ1v) is 14.9. The fraction of sp³-hybridized carbons (Fsp3) is 0.0488. The van der Waals surface area contributed by atoms with Crippen LogP contribution in [0.15, 0.2) is 143 Å². The summed E-state index contributed by atoms with van der Waals surface area (Å²) in [5, 5.41) is 0. The lowest BCUT2D eigenvalue weighted by atomic mass is 9.88. The maximum Gasteiger partial charge on any atom is 0.226 e. The molecule has 1 aliphatic carbocycles. The van der Waals surface area contributed by atoms with E-state index in [0.29, 0.717) is 5.89 Å². The third-order valence-electron chi connectivity index (χ3n) is 8.18. The summed E-state index contributed by atoms with van der Waals surface area (Å²) in [4.78, 5) is 4.96. The molecule has 0 radical (unpaired) electrons. The molecule has 208 valence electrons. The number of oxazole rings is 1. The van der Waals surface area contributed by atoms with Crippen LogP contribution in [0.1, 0.15) is 17.5 Å². The highest BCUT2D eigenvalue weighted by atomic mass is 16.3. The van der Waals surface area contributed by atoms with Gasteiger partial charge in [-0.05, 0) is 48.2 Å². The predicted molar refractivity (Wildman–Crippen MR) is 176 cm³/mol. The second-order valence-corrected chi connectivity index (χ2v) is 10.8. The molecule has 44 heavy (non-hydrogen) atoms. The first-order chi connectivity index (χ1) is 21.8. The molecule has 2 heterocycles. The van der Waals surface area contributed by atoms with Gasteiger partial charge in [-0.3, -0.25) is 0 Å². The van der Waals surface area contributed by atoms with E-state index in [1.807, 2.05) is 48.5 Å². The van der Waals surface area contributed by atoms with Gasteiger partial charge in [0.2, 0.25) is 5.89 Å². The van der Waals surface area contributed by atoms with E-state index >= 15 is 0 Å². The molecule has 0 aliphatic heterocycles. The quantitative estimate of drug-likeness (QED) is 0.201. The molecule has 0 atom stereocenters. The maximum atomic E-state index is 7.08. The number of fused-ring (bicyclic) bond motifs is 1. The highest BCUT2D eigenvalue weighted by Crippen LogP contribution is 2.48. The van der Waals surface area contributed by atoms with Crippen LogP contribution in [0.25, 0.3) is 73.7 Å². The zero-order valence-corrected chi connectivity index (χ0v) is 24.0. The summed E-state index contributed by atoms with van der Waals surface area (Å²) in [6, 6.07) is 47.7. The Morgan fingerprint density at radius 1 is 0.636 bits per heavy atom. The van der Waals surface area contributed by atoms with Gasteiger partial charge in [0.05, 0.1) is 0 Å². The van der Waals surface area contributed by atoms with Gasteiger partial charge >= 0.3 is 0 Å². The van der Waals surface area contributed by atoms with Crippen molar-refractivity contribution < 1.29 is 8.83 Å². The van der Waals surface area contributed by atoms with Crippen LogP contribution in [0.5, 0.6) is 0 Å². The Hall–Kier alpha value is -5.85. The summed E-state index contributed by atoms with van der Waals surface area (Å²) in [5.41, 5.74) is 11.3. The molecule has 3 nitrogen and oxygen atoms in total. The van der Waals surface area contributed by atoms with Crippen LogP contribution >= 0.6 is 0 Å². The molecule has 0 saturated heterocycles. The van der Waals surface area contributed by atoms with E-state index in [9.17, 15) is 0 Å². The number of hydrogen-bond donors (Lipinski definition) is 0. The lowest BCUT2D eigenvalue weighted by molar-refractivity contribution is 0.575. The molecular weight excluding hydrogens is 538 g/mol. The molecule has 0 bridgehead atoms. The van der Waals surface area contributed by atoms with Gasteiger partial charge in [-0.15, -0.1) is 0 Å². The van der Waals surface area contributed by atoms with Gasteiger partial charge in [0.1, 0.15) is 23.5 Å².